The fourth-order valence-corrected chi connectivity index (χ4v) is 3.37. The van der Waals surface area contributed by atoms with Gasteiger partial charge in [-0.25, -0.2) is 4.79 Å². The molecule has 3 rings (SSSR count). The Kier molecular flexibility index (Phi) is 3.97. The largest absolute Gasteiger partial charge is 0.415 e. The van der Waals surface area contributed by atoms with Crippen LogP contribution >= 0.6 is 0 Å². The first-order valence-corrected chi connectivity index (χ1v) is 7.89. The normalized spacial score (nSPS) is 24.0. The molecule has 23 heavy (non-hydrogen) atoms. The third-order valence-corrected chi connectivity index (χ3v) is 4.94. The SMILES string of the molecule is CC(C)N1CCC2(CCN2C(=O)Oc2ccc([N+](=O)[O-])cc2)C1. The van der Waals surface area contributed by atoms with Crippen LogP contribution < -0.4 is 4.74 Å². The monoisotopic (exact) mass is 319 g/mol. The molecule has 124 valence electrons. The lowest BCUT2D eigenvalue weighted by molar-refractivity contribution is -0.384. The van der Waals surface area contributed by atoms with Gasteiger partial charge in [0.05, 0.1) is 10.5 Å². The van der Waals surface area contributed by atoms with Crippen molar-refractivity contribution in [2.24, 2.45) is 0 Å². The Labute approximate surface area is 135 Å². The summed E-state index contributed by atoms with van der Waals surface area (Å²) in [6.45, 7) is 6.92. The van der Waals surface area contributed by atoms with Crippen molar-refractivity contribution in [2.45, 2.75) is 38.3 Å². The van der Waals surface area contributed by atoms with E-state index in [1.165, 1.54) is 24.3 Å². The summed E-state index contributed by atoms with van der Waals surface area (Å²) in [6, 6.07) is 6.06. The standard InChI is InChI=1S/C16H21N3O4/c1-12(2)17-9-7-16(11-17)8-10-18(16)15(20)23-14-5-3-13(4-6-14)19(21)22/h3-6,12H,7-11H2,1-2H3. The van der Waals surface area contributed by atoms with Gasteiger partial charge in [-0.3, -0.25) is 15.0 Å². The zero-order valence-electron chi connectivity index (χ0n) is 13.4. The van der Waals surface area contributed by atoms with E-state index < -0.39 is 4.92 Å². The number of hydrogen-bond acceptors (Lipinski definition) is 5. The number of non-ortho nitro benzene ring substituents is 1. The second kappa shape index (κ2) is 5.81. The highest BCUT2D eigenvalue weighted by molar-refractivity contribution is 5.73. The molecule has 0 aromatic heterocycles. The van der Waals surface area contributed by atoms with Crippen molar-refractivity contribution in [3.05, 3.63) is 34.4 Å². The Hall–Kier alpha value is -2.15. The average Bonchev–Trinajstić information content (AvgIpc) is 2.94. The number of nitrogens with zero attached hydrogens (tertiary/aromatic N) is 3. The Morgan fingerprint density at radius 3 is 2.39 bits per heavy atom. The van der Waals surface area contributed by atoms with Crippen LogP contribution in [0.2, 0.25) is 0 Å². The summed E-state index contributed by atoms with van der Waals surface area (Å²) < 4.78 is 5.38. The summed E-state index contributed by atoms with van der Waals surface area (Å²) in [5.74, 6) is 0.335. The third kappa shape index (κ3) is 2.88. The third-order valence-electron chi connectivity index (χ3n) is 4.94. The van der Waals surface area contributed by atoms with Crippen LogP contribution in [-0.2, 0) is 0 Å². The van der Waals surface area contributed by atoms with E-state index in [-0.39, 0.29) is 17.3 Å². The smallest absolute Gasteiger partial charge is 0.410 e. The van der Waals surface area contributed by atoms with Gasteiger partial charge in [-0.1, -0.05) is 0 Å². The zero-order chi connectivity index (χ0) is 16.6. The fourth-order valence-electron chi connectivity index (χ4n) is 3.37. The first-order valence-electron chi connectivity index (χ1n) is 7.89. The van der Waals surface area contributed by atoms with E-state index in [9.17, 15) is 14.9 Å². The average molecular weight is 319 g/mol. The maximum absolute atomic E-state index is 12.4. The number of nitro benzene ring substituents is 1. The molecule has 2 fully saturated rings. The fraction of sp³-hybridized carbons (Fsp3) is 0.562. The van der Waals surface area contributed by atoms with Crippen molar-refractivity contribution in [1.29, 1.82) is 0 Å². The van der Waals surface area contributed by atoms with E-state index in [0.29, 0.717) is 18.3 Å². The molecular formula is C16H21N3O4. The van der Waals surface area contributed by atoms with E-state index in [4.69, 9.17) is 4.74 Å². The molecule has 1 unspecified atom stereocenters. The molecule has 2 aliphatic rings. The number of carbonyl (C=O) groups excluding carboxylic acids is 1. The highest BCUT2D eigenvalue weighted by Gasteiger charge is 2.52. The Balaban J connectivity index is 1.64. The first-order chi connectivity index (χ1) is 10.9. The highest BCUT2D eigenvalue weighted by Crippen LogP contribution is 2.40. The van der Waals surface area contributed by atoms with E-state index >= 15 is 0 Å². The number of hydrogen-bond donors (Lipinski definition) is 0. The molecule has 0 N–H and O–H groups in total. The van der Waals surface area contributed by atoms with Crippen molar-refractivity contribution in [1.82, 2.24) is 9.80 Å². The number of ether oxygens (including phenoxy) is 1. The van der Waals surface area contributed by atoms with Gasteiger partial charge >= 0.3 is 6.09 Å². The molecule has 0 saturated carbocycles. The van der Waals surface area contributed by atoms with Crippen LogP contribution in [0.3, 0.4) is 0 Å². The van der Waals surface area contributed by atoms with Crippen LogP contribution in [0.5, 0.6) is 5.75 Å². The Morgan fingerprint density at radius 1 is 1.26 bits per heavy atom. The summed E-state index contributed by atoms with van der Waals surface area (Å²) in [5.41, 5.74) is -0.115. The maximum Gasteiger partial charge on any atom is 0.415 e. The second-order valence-electron chi connectivity index (χ2n) is 6.56. The molecule has 7 heteroatoms. The van der Waals surface area contributed by atoms with Crippen molar-refractivity contribution < 1.29 is 14.5 Å². The predicted molar refractivity (Wildman–Crippen MR) is 84.5 cm³/mol. The minimum atomic E-state index is -0.477. The van der Waals surface area contributed by atoms with Crippen molar-refractivity contribution in [3.8, 4) is 5.75 Å². The predicted octanol–water partition coefficient (Wildman–Crippen LogP) is 2.65. The van der Waals surface area contributed by atoms with Crippen LogP contribution in [0.25, 0.3) is 0 Å². The van der Waals surface area contributed by atoms with Gasteiger partial charge in [0.15, 0.2) is 0 Å². The van der Waals surface area contributed by atoms with Crippen LogP contribution in [0.15, 0.2) is 24.3 Å². The van der Waals surface area contributed by atoms with Crippen molar-refractivity contribution in [3.63, 3.8) is 0 Å². The van der Waals surface area contributed by atoms with Gasteiger partial charge in [0.25, 0.3) is 5.69 Å². The maximum atomic E-state index is 12.4. The topological polar surface area (TPSA) is 75.9 Å². The minimum Gasteiger partial charge on any atom is -0.410 e. The lowest BCUT2D eigenvalue weighted by Gasteiger charge is -2.49. The van der Waals surface area contributed by atoms with E-state index in [0.717, 1.165) is 25.9 Å². The Morgan fingerprint density at radius 2 is 1.91 bits per heavy atom. The summed E-state index contributed by atoms with van der Waals surface area (Å²) >= 11 is 0. The molecule has 0 radical (unpaired) electrons. The Bertz CT molecular complexity index is 616. The number of benzene rings is 1. The minimum absolute atomic E-state index is 0.0198. The second-order valence-corrected chi connectivity index (χ2v) is 6.56. The van der Waals surface area contributed by atoms with E-state index in [1.54, 1.807) is 4.90 Å². The van der Waals surface area contributed by atoms with Crippen molar-refractivity contribution >= 4 is 11.8 Å². The van der Waals surface area contributed by atoms with E-state index in [1.807, 2.05) is 0 Å². The van der Waals surface area contributed by atoms with Gasteiger partial charge < -0.3 is 9.64 Å². The van der Waals surface area contributed by atoms with Gasteiger partial charge in [-0.15, -0.1) is 0 Å². The summed E-state index contributed by atoms with van der Waals surface area (Å²) in [7, 11) is 0. The van der Waals surface area contributed by atoms with Gasteiger partial charge in [-0.05, 0) is 38.8 Å². The first kappa shape index (κ1) is 15.7. The lowest BCUT2D eigenvalue weighted by atomic mass is 9.84. The highest BCUT2D eigenvalue weighted by atomic mass is 16.6. The molecule has 2 saturated heterocycles. The summed E-state index contributed by atoms with van der Waals surface area (Å²) in [6.07, 6.45) is 1.61. The van der Waals surface area contributed by atoms with Crippen LogP contribution in [0.4, 0.5) is 10.5 Å². The molecule has 1 amide bonds. The molecule has 1 aromatic carbocycles. The molecule has 7 nitrogen and oxygen atoms in total. The number of rotatable bonds is 3. The molecule has 1 atom stereocenters. The van der Waals surface area contributed by atoms with Gasteiger partial charge in [0.1, 0.15) is 5.75 Å². The molecule has 2 heterocycles. The van der Waals surface area contributed by atoms with Crippen LogP contribution in [-0.4, -0.2) is 52.0 Å². The molecule has 1 aromatic rings. The molecule has 0 aliphatic carbocycles. The van der Waals surface area contributed by atoms with E-state index in [2.05, 4.69) is 18.7 Å². The van der Waals surface area contributed by atoms with Crippen LogP contribution in [0, 0.1) is 10.1 Å². The summed E-state index contributed by atoms with van der Waals surface area (Å²) in [5, 5.41) is 10.6. The van der Waals surface area contributed by atoms with Gasteiger partial charge in [0, 0.05) is 37.8 Å². The summed E-state index contributed by atoms with van der Waals surface area (Å²) in [4.78, 5) is 26.7. The number of carbonyl (C=O) groups is 1. The quantitative estimate of drug-likeness (QED) is 0.632. The van der Waals surface area contributed by atoms with Crippen molar-refractivity contribution in [2.75, 3.05) is 19.6 Å². The van der Waals surface area contributed by atoms with Gasteiger partial charge in [-0.2, -0.15) is 0 Å². The number of nitro groups is 1. The number of amides is 1. The number of likely N-dealkylation sites (tertiary alicyclic amines) is 2. The molecule has 2 aliphatic heterocycles. The molecule has 1 spiro atoms. The zero-order valence-corrected chi connectivity index (χ0v) is 13.4. The van der Waals surface area contributed by atoms with Gasteiger partial charge in [0.2, 0.25) is 0 Å². The molecule has 0 bridgehead atoms. The lowest BCUT2D eigenvalue weighted by Crippen LogP contribution is -2.64. The van der Waals surface area contributed by atoms with Crippen LogP contribution in [0.1, 0.15) is 26.7 Å². The molecular weight excluding hydrogens is 298 g/mol.